The SMILES string of the molecule is Cc1cnn(CCNc2nc(Cl)nc(N(C)C)n2)c1. The zero-order chi connectivity index (χ0) is 13.8. The maximum absolute atomic E-state index is 5.85. The molecule has 0 aliphatic carbocycles. The number of nitrogens with zero attached hydrogens (tertiary/aromatic N) is 6. The maximum atomic E-state index is 5.85. The van der Waals surface area contributed by atoms with Gasteiger partial charge in [-0.2, -0.15) is 20.1 Å². The van der Waals surface area contributed by atoms with Crippen molar-refractivity contribution in [3.05, 3.63) is 23.2 Å². The summed E-state index contributed by atoms with van der Waals surface area (Å²) in [6.07, 6.45) is 3.80. The zero-order valence-corrected chi connectivity index (χ0v) is 11.9. The summed E-state index contributed by atoms with van der Waals surface area (Å²) in [6.45, 7) is 3.40. The second kappa shape index (κ2) is 5.83. The minimum Gasteiger partial charge on any atom is -0.352 e. The molecule has 2 aromatic rings. The van der Waals surface area contributed by atoms with Crippen LogP contribution in [0.25, 0.3) is 0 Å². The minimum absolute atomic E-state index is 0.177. The summed E-state index contributed by atoms with van der Waals surface area (Å²) in [4.78, 5) is 14.1. The van der Waals surface area contributed by atoms with E-state index in [-0.39, 0.29) is 5.28 Å². The summed E-state index contributed by atoms with van der Waals surface area (Å²) in [5.74, 6) is 0.991. The van der Waals surface area contributed by atoms with E-state index >= 15 is 0 Å². The Balaban J connectivity index is 1.95. The Morgan fingerprint density at radius 2 is 2.11 bits per heavy atom. The lowest BCUT2D eigenvalue weighted by Gasteiger charge is -2.11. The lowest BCUT2D eigenvalue weighted by molar-refractivity contribution is 0.635. The molecule has 0 atom stereocenters. The molecule has 8 heteroatoms. The second-order valence-corrected chi connectivity index (χ2v) is 4.67. The van der Waals surface area contributed by atoms with Crippen LogP contribution >= 0.6 is 11.6 Å². The van der Waals surface area contributed by atoms with E-state index in [0.717, 1.165) is 12.1 Å². The fraction of sp³-hybridized carbons (Fsp3) is 0.455. The maximum Gasteiger partial charge on any atom is 0.230 e. The standard InChI is InChI=1S/C11H16ClN7/c1-8-6-14-19(7-8)5-4-13-10-15-9(12)16-11(17-10)18(2)3/h6-7H,4-5H2,1-3H3,(H,13,15,16,17). The van der Waals surface area contributed by atoms with Gasteiger partial charge in [0.15, 0.2) is 0 Å². The third kappa shape index (κ3) is 3.78. The molecule has 0 amide bonds. The monoisotopic (exact) mass is 281 g/mol. The Kier molecular flexibility index (Phi) is 4.16. The third-order valence-electron chi connectivity index (χ3n) is 2.38. The first-order chi connectivity index (χ1) is 9.04. The summed E-state index contributed by atoms with van der Waals surface area (Å²) in [6, 6.07) is 0. The summed E-state index contributed by atoms with van der Waals surface area (Å²) >= 11 is 5.85. The molecule has 2 aromatic heterocycles. The number of aryl methyl sites for hydroxylation is 1. The molecule has 2 rings (SSSR count). The topological polar surface area (TPSA) is 71.8 Å². The van der Waals surface area contributed by atoms with Gasteiger partial charge in [0, 0.05) is 26.8 Å². The van der Waals surface area contributed by atoms with Gasteiger partial charge < -0.3 is 10.2 Å². The summed E-state index contributed by atoms with van der Waals surface area (Å²) < 4.78 is 1.86. The first kappa shape index (κ1) is 13.5. The highest BCUT2D eigenvalue weighted by atomic mass is 35.5. The normalized spacial score (nSPS) is 10.5. The molecule has 0 aliphatic heterocycles. The first-order valence-electron chi connectivity index (χ1n) is 5.86. The van der Waals surface area contributed by atoms with Gasteiger partial charge >= 0.3 is 0 Å². The molecule has 2 heterocycles. The van der Waals surface area contributed by atoms with Crippen molar-refractivity contribution in [2.24, 2.45) is 0 Å². The molecular formula is C11H16ClN7. The van der Waals surface area contributed by atoms with Crippen molar-refractivity contribution in [3.8, 4) is 0 Å². The fourth-order valence-corrected chi connectivity index (χ4v) is 1.65. The number of halogens is 1. The van der Waals surface area contributed by atoms with Gasteiger partial charge in [0.25, 0.3) is 0 Å². The van der Waals surface area contributed by atoms with Gasteiger partial charge in [-0.15, -0.1) is 0 Å². The van der Waals surface area contributed by atoms with Crippen molar-refractivity contribution >= 4 is 23.5 Å². The lowest BCUT2D eigenvalue weighted by Crippen LogP contribution is -2.17. The van der Waals surface area contributed by atoms with Crippen LogP contribution in [0.2, 0.25) is 5.28 Å². The molecule has 7 nitrogen and oxygen atoms in total. The van der Waals surface area contributed by atoms with Crippen molar-refractivity contribution in [2.45, 2.75) is 13.5 Å². The van der Waals surface area contributed by atoms with Gasteiger partial charge in [-0.1, -0.05) is 0 Å². The van der Waals surface area contributed by atoms with Gasteiger partial charge in [0.05, 0.1) is 12.7 Å². The van der Waals surface area contributed by atoms with E-state index in [1.165, 1.54) is 0 Å². The zero-order valence-electron chi connectivity index (χ0n) is 11.1. The highest BCUT2D eigenvalue weighted by molar-refractivity contribution is 6.28. The van der Waals surface area contributed by atoms with Crippen LogP contribution < -0.4 is 10.2 Å². The predicted octanol–water partition coefficient (Wildman–Crippen LogP) is 1.21. The molecule has 0 unspecified atom stereocenters. The molecule has 0 saturated heterocycles. The Hall–Kier alpha value is -1.89. The van der Waals surface area contributed by atoms with Gasteiger partial charge in [-0.25, -0.2) is 0 Å². The molecule has 0 aromatic carbocycles. The molecule has 0 bridgehead atoms. The molecule has 0 aliphatic rings. The van der Waals surface area contributed by atoms with Crippen molar-refractivity contribution in [3.63, 3.8) is 0 Å². The van der Waals surface area contributed by atoms with Crippen LogP contribution in [-0.2, 0) is 6.54 Å². The van der Waals surface area contributed by atoms with Crippen LogP contribution in [0.4, 0.5) is 11.9 Å². The Morgan fingerprint density at radius 1 is 1.32 bits per heavy atom. The largest absolute Gasteiger partial charge is 0.352 e. The van der Waals surface area contributed by atoms with Crippen LogP contribution in [-0.4, -0.2) is 45.4 Å². The van der Waals surface area contributed by atoms with E-state index in [4.69, 9.17) is 11.6 Å². The molecular weight excluding hydrogens is 266 g/mol. The summed E-state index contributed by atoms with van der Waals surface area (Å²) in [7, 11) is 3.70. The molecule has 0 saturated carbocycles. The molecule has 102 valence electrons. The fourth-order valence-electron chi connectivity index (χ4n) is 1.49. The van der Waals surface area contributed by atoms with Crippen molar-refractivity contribution in [1.29, 1.82) is 0 Å². The van der Waals surface area contributed by atoms with Crippen LogP contribution in [0.1, 0.15) is 5.56 Å². The first-order valence-corrected chi connectivity index (χ1v) is 6.24. The van der Waals surface area contributed by atoms with Crippen molar-refractivity contribution in [2.75, 3.05) is 30.9 Å². The Labute approximate surface area is 116 Å². The van der Waals surface area contributed by atoms with Gasteiger partial charge in [0.1, 0.15) is 0 Å². The number of hydrogen-bond acceptors (Lipinski definition) is 6. The van der Waals surface area contributed by atoms with Gasteiger partial charge in [0.2, 0.25) is 17.2 Å². The Bertz CT molecular complexity index is 552. The highest BCUT2D eigenvalue weighted by Gasteiger charge is 2.06. The van der Waals surface area contributed by atoms with Crippen LogP contribution in [0.5, 0.6) is 0 Å². The van der Waals surface area contributed by atoms with Crippen molar-refractivity contribution < 1.29 is 0 Å². The Morgan fingerprint density at radius 3 is 2.74 bits per heavy atom. The van der Waals surface area contributed by atoms with Crippen molar-refractivity contribution in [1.82, 2.24) is 24.7 Å². The van der Waals surface area contributed by atoms with E-state index in [1.54, 1.807) is 4.90 Å². The number of anilines is 2. The number of nitrogens with one attached hydrogen (secondary N) is 1. The third-order valence-corrected chi connectivity index (χ3v) is 2.55. The number of hydrogen-bond donors (Lipinski definition) is 1. The van der Waals surface area contributed by atoms with E-state index in [0.29, 0.717) is 18.4 Å². The number of rotatable bonds is 5. The van der Waals surface area contributed by atoms with E-state index < -0.39 is 0 Å². The molecule has 0 fully saturated rings. The average Bonchev–Trinajstić information content (AvgIpc) is 2.74. The molecule has 0 spiro atoms. The van der Waals surface area contributed by atoms with E-state index in [9.17, 15) is 0 Å². The predicted molar refractivity (Wildman–Crippen MR) is 74.6 cm³/mol. The van der Waals surface area contributed by atoms with Crippen LogP contribution in [0.15, 0.2) is 12.4 Å². The van der Waals surface area contributed by atoms with Gasteiger partial charge in [-0.05, 0) is 24.1 Å². The number of aromatic nitrogens is 5. The molecule has 19 heavy (non-hydrogen) atoms. The summed E-state index contributed by atoms with van der Waals surface area (Å²) in [5, 5.41) is 7.48. The van der Waals surface area contributed by atoms with Gasteiger partial charge in [-0.3, -0.25) is 4.68 Å². The molecule has 1 N–H and O–H groups in total. The highest BCUT2D eigenvalue weighted by Crippen LogP contribution is 2.11. The smallest absolute Gasteiger partial charge is 0.230 e. The van der Waals surface area contributed by atoms with Crippen LogP contribution in [0, 0.1) is 6.92 Å². The summed E-state index contributed by atoms with van der Waals surface area (Å²) in [5.41, 5.74) is 1.14. The lowest BCUT2D eigenvalue weighted by atomic mass is 10.4. The second-order valence-electron chi connectivity index (χ2n) is 4.33. The minimum atomic E-state index is 0.177. The molecule has 0 radical (unpaired) electrons. The quantitative estimate of drug-likeness (QED) is 0.888. The van der Waals surface area contributed by atoms with E-state index in [2.05, 4.69) is 25.4 Å². The average molecular weight is 282 g/mol. The van der Waals surface area contributed by atoms with Crippen LogP contribution in [0.3, 0.4) is 0 Å². The van der Waals surface area contributed by atoms with E-state index in [1.807, 2.05) is 38.1 Å².